The van der Waals surface area contributed by atoms with Crippen molar-refractivity contribution in [2.45, 2.75) is 64.5 Å². The van der Waals surface area contributed by atoms with E-state index in [0.29, 0.717) is 36.6 Å². The molecule has 1 saturated heterocycles. The third-order valence-corrected chi connectivity index (χ3v) is 8.59. The van der Waals surface area contributed by atoms with Crippen molar-refractivity contribution in [1.29, 1.82) is 0 Å². The van der Waals surface area contributed by atoms with Crippen molar-refractivity contribution in [3.8, 4) is 0 Å². The summed E-state index contributed by atoms with van der Waals surface area (Å²) in [6, 6.07) is 7.87. The maximum absolute atomic E-state index is 13.8. The van der Waals surface area contributed by atoms with E-state index in [1.54, 1.807) is 0 Å². The number of carbonyl (C=O) groups is 1. The number of para-hydroxylation sites is 1. The third kappa shape index (κ3) is 4.35. The van der Waals surface area contributed by atoms with E-state index < -0.39 is 5.41 Å². The van der Waals surface area contributed by atoms with Crippen LogP contribution in [0.3, 0.4) is 0 Å². The molecule has 5 rings (SSSR count). The zero-order chi connectivity index (χ0) is 25.2. The molecule has 6 atom stereocenters. The van der Waals surface area contributed by atoms with Gasteiger partial charge in [-0.15, -0.1) is 10.1 Å². The van der Waals surface area contributed by atoms with Crippen molar-refractivity contribution in [2.24, 2.45) is 23.7 Å². The first-order chi connectivity index (χ1) is 16.8. The van der Waals surface area contributed by atoms with Crippen molar-refractivity contribution in [2.75, 3.05) is 11.9 Å². The lowest BCUT2D eigenvalue weighted by Gasteiger charge is -2.50. The van der Waals surface area contributed by atoms with Crippen molar-refractivity contribution < 1.29 is 14.4 Å². The number of nitrogens with one attached hydrogen (secondary N) is 1. The largest absolute Gasteiger partial charge is 0.373 e. The van der Waals surface area contributed by atoms with Crippen LogP contribution < -0.4 is 5.32 Å². The van der Waals surface area contributed by atoms with Crippen LogP contribution in [0.2, 0.25) is 0 Å². The average Bonchev–Trinajstić information content (AvgIpc) is 3.40. The van der Waals surface area contributed by atoms with Crippen LogP contribution in [0, 0.1) is 37.2 Å². The van der Waals surface area contributed by atoms with E-state index >= 15 is 0 Å². The molecule has 2 aromatic rings. The van der Waals surface area contributed by atoms with Gasteiger partial charge in [-0.3, -0.25) is 9.48 Å². The van der Waals surface area contributed by atoms with Gasteiger partial charge in [-0.05, 0) is 61.5 Å². The molecule has 3 heterocycles. The number of amides is 1. The van der Waals surface area contributed by atoms with Crippen LogP contribution in [0.25, 0.3) is 4.95 Å². The molecule has 2 aliphatic heterocycles. The first-order valence-corrected chi connectivity index (χ1v) is 12.3. The summed E-state index contributed by atoms with van der Waals surface area (Å²) in [6.45, 7) is 16.0. The molecule has 1 N–H and O–H groups in total. The highest BCUT2D eigenvalue weighted by atomic mass is 16.2. The van der Waals surface area contributed by atoms with Gasteiger partial charge >= 0.3 is 6.15 Å². The predicted octanol–water partition coefficient (Wildman–Crippen LogP) is 3.49. The number of rotatable bonds is 4. The third-order valence-electron chi connectivity index (χ3n) is 8.59. The van der Waals surface area contributed by atoms with Crippen LogP contribution in [0.5, 0.6) is 0 Å². The van der Waals surface area contributed by atoms with E-state index in [1.165, 1.54) is 12.8 Å². The zero-order valence-corrected chi connectivity index (χ0v) is 20.5. The quantitative estimate of drug-likeness (QED) is 0.678. The number of piperidine rings is 1. The maximum Gasteiger partial charge on any atom is 0.373 e. The van der Waals surface area contributed by atoms with Crippen molar-refractivity contribution in [3.05, 3.63) is 53.2 Å². The first-order valence-electron chi connectivity index (χ1n) is 12.3. The van der Waals surface area contributed by atoms with Gasteiger partial charge in [0.15, 0.2) is 0 Å². The molecule has 1 aromatic carbocycles. The van der Waals surface area contributed by atoms with E-state index in [4.69, 9.17) is 16.2 Å². The first kappa shape index (κ1) is 24.6. The summed E-state index contributed by atoms with van der Waals surface area (Å²) in [4.78, 5) is 34.0. The molecule has 3 aliphatic rings. The molecular weight excluding hydrogens is 444 g/mol. The van der Waals surface area contributed by atoms with Gasteiger partial charge in [0.25, 0.3) is 0 Å². The molecule has 2 fully saturated rings. The lowest BCUT2D eigenvalue weighted by molar-refractivity contribution is -0.191. The van der Waals surface area contributed by atoms with Gasteiger partial charge in [-0.1, -0.05) is 43.7 Å². The van der Waals surface area contributed by atoms with Crippen molar-refractivity contribution in [1.82, 2.24) is 20.0 Å². The van der Waals surface area contributed by atoms with Crippen LogP contribution in [0.4, 0.5) is 5.69 Å². The van der Waals surface area contributed by atoms with Gasteiger partial charge in [-0.25, -0.2) is 0 Å². The second-order valence-corrected chi connectivity index (χ2v) is 10.2. The highest BCUT2D eigenvalue weighted by Gasteiger charge is 2.59. The molecule has 0 unspecified atom stereocenters. The molecular formula is C26H32N6O3. The minimum atomic E-state index is -0.771. The average molecular weight is 477 g/mol. The standard InChI is InChI=1S/C25H32N6O.CO2/c1-16-9-10-19-15-31(26-4)23(13-20(19)18(16)3)25(11-12-30-14-17(2)28-29-30)21-7-5-6-8-22(21)27-24(25)32;2-1-3/h5-8,14,16,18-20,23H,9-13,15H2,1-3H3,(H,27,32);/t16-,18-,19-,20+,23-,25-;/m0./s1. The Morgan fingerprint density at radius 1 is 1.26 bits per heavy atom. The fourth-order valence-corrected chi connectivity index (χ4v) is 6.63. The van der Waals surface area contributed by atoms with Gasteiger partial charge in [0.2, 0.25) is 5.91 Å². The topological polar surface area (TPSA) is 102 Å². The number of aromatic nitrogens is 3. The molecule has 9 heteroatoms. The summed E-state index contributed by atoms with van der Waals surface area (Å²) in [5.41, 5.74) is 2.00. The summed E-state index contributed by atoms with van der Waals surface area (Å²) in [6.07, 6.45) is 6.07. The monoisotopic (exact) mass is 476 g/mol. The van der Waals surface area contributed by atoms with Crippen molar-refractivity contribution in [3.63, 3.8) is 0 Å². The Morgan fingerprint density at radius 3 is 2.69 bits per heavy atom. The normalized spacial score (nSPS) is 31.2. The van der Waals surface area contributed by atoms with E-state index in [-0.39, 0.29) is 18.1 Å². The Balaban J connectivity index is 0.000000917. The number of hydrogen-bond acceptors (Lipinski definition) is 6. The Bertz CT molecular complexity index is 1150. The summed E-state index contributed by atoms with van der Waals surface area (Å²) >= 11 is 0. The van der Waals surface area contributed by atoms with Crippen LogP contribution in [0.15, 0.2) is 30.5 Å². The fraction of sp³-hybridized carbons (Fsp3) is 0.577. The molecule has 1 saturated carbocycles. The number of fused-ring (bicyclic) bond motifs is 2. The Hall–Kier alpha value is -3.50. The summed E-state index contributed by atoms with van der Waals surface area (Å²) < 4.78 is 1.82. The van der Waals surface area contributed by atoms with Crippen LogP contribution in [-0.2, 0) is 26.3 Å². The van der Waals surface area contributed by atoms with E-state index in [2.05, 4.69) is 40.5 Å². The maximum atomic E-state index is 13.8. The molecule has 1 amide bonds. The number of carbonyl (C=O) groups excluding carboxylic acids is 3. The van der Waals surface area contributed by atoms with E-state index in [9.17, 15) is 4.79 Å². The molecule has 0 bridgehead atoms. The van der Waals surface area contributed by atoms with E-state index in [1.807, 2.05) is 41.0 Å². The van der Waals surface area contributed by atoms with Crippen LogP contribution in [0.1, 0.15) is 50.8 Å². The van der Waals surface area contributed by atoms with Gasteiger partial charge in [0.05, 0.1) is 12.2 Å². The molecule has 9 nitrogen and oxygen atoms in total. The zero-order valence-electron chi connectivity index (χ0n) is 20.5. The summed E-state index contributed by atoms with van der Waals surface area (Å²) in [7, 11) is 0. The number of hydrogen-bond donors (Lipinski definition) is 1. The molecule has 184 valence electrons. The highest BCUT2D eigenvalue weighted by Crippen LogP contribution is 2.52. The smallest absolute Gasteiger partial charge is 0.325 e. The predicted molar refractivity (Wildman–Crippen MR) is 127 cm³/mol. The van der Waals surface area contributed by atoms with Crippen LogP contribution in [-0.4, -0.2) is 44.6 Å². The highest BCUT2D eigenvalue weighted by molar-refractivity contribution is 6.07. The Kier molecular flexibility index (Phi) is 7.04. The summed E-state index contributed by atoms with van der Waals surface area (Å²) in [5.74, 6) is 2.41. The van der Waals surface area contributed by atoms with Gasteiger partial charge < -0.3 is 5.32 Å². The summed E-state index contributed by atoms with van der Waals surface area (Å²) in [5, 5.41) is 13.4. The number of nitrogens with zero attached hydrogens (tertiary/aromatic N) is 5. The molecule has 1 aromatic heterocycles. The van der Waals surface area contributed by atoms with E-state index in [0.717, 1.165) is 29.9 Å². The van der Waals surface area contributed by atoms with Gasteiger partial charge in [0, 0.05) is 18.4 Å². The second-order valence-electron chi connectivity index (χ2n) is 10.2. The molecule has 1 aliphatic carbocycles. The van der Waals surface area contributed by atoms with Gasteiger partial charge in [-0.2, -0.15) is 21.1 Å². The number of anilines is 1. The van der Waals surface area contributed by atoms with Crippen LogP contribution >= 0.6 is 0 Å². The minimum absolute atomic E-state index is 0.0177. The fourth-order valence-electron chi connectivity index (χ4n) is 6.63. The SMILES string of the molecule is O=C=O.[C-]#[N+]N1C[C@@H]2CC[C@H](C)[C@H](C)[C@H]2C[C@H]1[C@@]1(CCn2cc(C)nn2)C(=O)Nc2ccccc21. The number of aryl methyl sites for hydroxylation is 2. The lowest BCUT2D eigenvalue weighted by atomic mass is 9.59. The Labute approximate surface area is 205 Å². The number of benzene rings is 1. The minimum Gasteiger partial charge on any atom is -0.325 e. The second kappa shape index (κ2) is 10.0. The molecule has 0 spiro atoms. The molecule has 0 radical (unpaired) electrons. The molecule has 35 heavy (non-hydrogen) atoms. The lowest BCUT2D eigenvalue weighted by Crippen LogP contribution is -2.59. The van der Waals surface area contributed by atoms with Crippen molar-refractivity contribution >= 4 is 17.7 Å². The van der Waals surface area contributed by atoms with Gasteiger partial charge in [0.1, 0.15) is 11.5 Å². The Morgan fingerprint density at radius 2 is 2.00 bits per heavy atom.